The summed E-state index contributed by atoms with van der Waals surface area (Å²) in [7, 11) is 0. The maximum absolute atomic E-state index is 9.46. The average Bonchev–Trinajstić information content (AvgIpc) is 2.98. The number of phenols is 1. The molecule has 1 aromatic carbocycles. The van der Waals surface area contributed by atoms with Gasteiger partial charge in [0.2, 0.25) is 11.7 Å². The van der Waals surface area contributed by atoms with Crippen LogP contribution in [0, 0.1) is 0 Å². The smallest absolute Gasteiger partial charge is 0.232 e. The van der Waals surface area contributed by atoms with Crippen molar-refractivity contribution in [1.82, 2.24) is 10.1 Å². The summed E-state index contributed by atoms with van der Waals surface area (Å²) >= 11 is 0. The molecule has 2 aromatic rings. The van der Waals surface area contributed by atoms with Crippen LogP contribution in [0.2, 0.25) is 0 Å². The lowest BCUT2D eigenvalue weighted by Crippen LogP contribution is -2.17. The van der Waals surface area contributed by atoms with E-state index in [9.17, 15) is 5.11 Å². The van der Waals surface area contributed by atoms with Gasteiger partial charge in [0.1, 0.15) is 5.75 Å². The highest BCUT2D eigenvalue weighted by Gasteiger charge is 2.36. The van der Waals surface area contributed by atoms with Crippen molar-refractivity contribution in [2.24, 2.45) is 0 Å². The van der Waals surface area contributed by atoms with Crippen LogP contribution in [-0.4, -0.2) is 15.2 Å². The summed E-state index contributed by atoms with van der Waals surface area (Å²) in [5.41, 5.74) is 0.814. The van der Waals surface area contributed by atoms with Crippen molar-refractivity contribution in [1.29, 1.82) is 0 Å². The molecule has 18 heavy (non-hydrogen) atoms. The van der Waals surface area contributed by atoms with Crippen molar-refractivity contribution in [3.63, 3.8) is 0 Å². The molecule has 1 saturated carbocycles. The fourth-order valence-corrected chi connectivity index (χ4v) is 2.60. The van der Waals surface area contributed by atoms with Crippen molar-refractivity contribution in [3.05, 3.63) is 30.2 Å². The minimum absolute atomic E-state index is 0.0298. The van der Waals surface area contributed by atoms with Crippen LogP contribution in [-0.2, 0) is 5.41 Å². The summed E-state index contributed by atoms with van der Waals surface area (Å²) in [5, 5.41) is 13.5. The quantitative estimate of drug-likeness (QED) is 0.880. The van der Waals surface area contributed by atoms with Gasteiger partial charge in [-0.05, 0) is 25.0 Å². The Balaban J connectivity index is 1.94. The first-order valence-electron chi connectivity index (χ1n) is 6.31. The van der Waals surface area contributed by atoms with Crippen LogP contribution in [0.4, 0.5) is 0 Å². The van der Waals surface area contributed by atoms with E-state index in [-0.39, 0.29) is 11.2 Å². The van der Waals surface area contributed by atoms with Crippen LogP contribution in [0.15, 0.2) is 28.8 Å². The molecule has 0 radical (unpaired) electrons. The fourth-order valence-electron chi connectivity index (χ4n) is 2.60. The predicted molar refractivity (Wildman–Crippen MR) is 67.2 cm³/mol. The number of hydrogen-bond donors (Lipinski definition) is 1. The average molecular weight is 244 g/mol. The third-order valence-corrected chi connectivity index (χ3v) is 3.75. The van der Waals surface area contributed by atoms with E-state index in [1.807, 2.05) is 6.07 Å². The monoisotopic (exact) mass is 244 g/mol. The zero-order valence-corrected chi connectivity index (χ0v) is 10.4. The van der Waals surface area contributed by atoms with E-state index < -0.39 is 0 Å². The van der Waals surface area contributed by atoms with Crippen LogP contribution >= 0.6 is 0 Å². The van der Waals surface area contributed by atoms with Crippen LogP contribution in [0.1, 0.15) is 38.5 Å². The number of phenolic OH excluding ortho intramolecular Hbond substituents is 1. The zero-order chi connectivity index (χ0) is 12.6. The lowest BCUT2D eigenvalue weighted by atomic mass is 9.89. The van der Waals surface area contributed by atoms with Gasteiger partial charge in [-0.1, -0.05) is 37.1 Å². The maximum Gasteiger partial charge on any atom is 0.232 e. The van der Waals surface area contributed by atoms with Gasteiger partial charge in [0, 0.05) is 11.0 Å². The fraction of sp³-hybridized carbons (Fsp3) is 0.429. The minimum Gasteiger partial charge on any atom is -0.508 e. The predicted octanol–water partition coefficient (Wildman–Crippen LogP) is 3.27. The van der Waals surface area contributed by atoms with Gasteiger partial charge in [-0.15, -0.1) is 0 Å². The molecule has 0 atom stereocenters. The molecule has 0 saturated heterocycles. The van der Waals surface area contributed by atoms with Crippen LogP contribution in [0.5, 0.6) is 5.75 Å². The minimum atomic E-state index is 0.0298. The summed E-state index contributed by atoms with van der Waals surface area (Å²) in [4.78, 5) is 4.49. The van der Waals surface area contributed by atoms with Crippen molar-refractivity contribution < 1.29 is 9.63 Å². The Labute approximate surface area is 106 Å². The van der Waals surface area contributed by atoms with Crippen molar-refractivity contribution in [3.8, 4) is 17.1 Å². The van der Waals surface area contributed by atoms with Gasteiger partial charge in [-0.3, -0.25) is 0 Å². The van der Waals surface area contributed by atoms with E-state index in [2.05, 4.69) is 17.1 Å². The van der Waals surface area contributed by atoms with Gasteiger partial charge in [-0.25, -0.2) is 0 Å². The van der Waals surface area contributed by atoms with E-state index in [1.54, 1.807) is 18.2 Å². The van der Waals surface area contributed by atoms with E-state index in [4.69, 9.17) is 4.52 Å². The molecule has 1 N–H and O–H groups in total. The van der Waals surface area contributed by atoms with Gasteiger partial charge in [0.05, 0.1) is 0 Å². The topological polar surface area (TPSA) is 59.2 Å². The largest absolute Gasteiger partial charge is 0.508 e. The van der Waals surface area contributed by atoms with Crippen molar-refractivity contribution in [2.75, 3.05) is 0 Å². The number of nitrogens with zero attached hydrogens (tertiary/aromatic N) is 2. The first kappa shape index (κ1) is 11.3. The molecule has 0 bridgehead atoms. The van der Waals surface area contributed by atoms with Crippen LogP contribution < -0.4 is 0 Å². The van der Waals surface area contributed by atoms with Gasteiger partial charge in [0.15, 0.2) is 0 Å². The second-order valence-corrected chi connectivity index (χ2v) is 5.24. The zero-order valence-electron chi connectivity index (χ0n) is 10.4. The molecule has 1 heterocycles. The first-order valence-corrected chi connectivity index (χ1v) is 6.31. The van der Waals surface area contributed by atoms with Gasteiger partial charge < -0.3 is 9.63 Å². The summed E-state index contributed by atoms with van der Waals surface area (Å²) in [6.07, 6.45) is 4.66. The Bertz CT molecular complexity index is 556. The number of aromatic hydroxyl groups is 1. The number of aromatic nitrogens is 2. The number of hydrogen-bond acceptors (Lipinski definition) is 4. The standard InChI is InChI=1S/C14H16N2O2/c1-14(7-2-3-8-14)13-15-12(16-18-13)10-5-4-6-11(17)9-10/h4-6,9,17H,2-3,7-8H2,1H3. The molecule has 0 amide bonds. The van der Waals surface area contributed by atoms with Crippen LogP contribution in [0.25, 0.3) is 11.4 Å². The Hall–Kier alpha value is -1.84. The highest BCUT2D eigenvalue weighted by atomic mass is 16.5. The third-order valence-electron chi connectivity index (χ3n) is 3.75. The first-order chi connectivity index (χ1) is 8.67. The highest BCUT2D eigenvalue weighted by Crippen LogP contribution is 2.40. The SMILES string of the molecule is CC1(c2nc(-c3cccc(O)c3)no2)CCCC1. The molecule has 0 unspecified atom stereocenters. The molecule has 4 nitrogen and oxygen atoms in total. The Morgan fingerprint density at radius 1 is 1.28 bits per heavy atom. The van der Waals surface area contributed by atoms with Gasteiger partial charge >= 0.3 is 0 Å². The van der Waals surface area contributed by atoms with Crippen LogP contribution in [0.3, 0.4) is 0 Å². The Morgan fingerprint density at radius 2 is 2.06 bits per heavy atom. The second kappa shape index (κ2) is 4.12. The molecule has 4 heteroatoms. The summed E-state index contributed by atoms with van der Waals surface area (Å²) in [6.45, 7) is 2.18. The van der Waals surface area contributed by atoms with E-state index in [0.29, 0.717) is 5.82 Å². The molecule has 1 aliphatic carbocycles. The van der Waals surface area contributed by atoms with E-state index in [1.165, 1.54) is 12.8 Å². The van der Waals surface area contributed by atoms with E-state index >= 15 is 0 Å². The number of benzene rings is 1. The Kier molecular flexibility index (Phi) is 2.58. The third kappa shape index (κ3) is 1.88. The second-order valence-electron chi connectivity index (χ2n) is 5.24. The Morgan fingerprint density at radius 3 is 2.78 bits per heavy atom. The maximum atomic E-state index is 9.46. The molecular formula is C14H16N2O2. The molecule has 1 aromatic heterocycles. The summed E-state index contributed by atoms with van der Waals surface area (Å²) in [5.74, 6) is 1.48. The van der Waals surface area contributed by atoms with Gasteiger partial charge in [0.25, 0.3) is 0 Å². The molecule has 0 spiro atoms. The molecule has 3 rings (SSSR count). The number of rotatable bonds is 2. The normalized spacial score (nSPS) is 18.1. The van der Waals surface area contributed by atoms with E-state index in [0.717, 1.165) is 24.3 Å². The lowest BCUT2D eigenvalue weighted by Gasteiger charge is -2.16. The van der Waals surface area contributed by atoms with Gasteiger partial charge in [-0.2, -0.15) is 4.98 Å². The van der Waals surface area contributed by atoms with Crippen molar-refractivity contribution >= 4 is 0 Å². The summed E-state index contributed by atoms with van der Waals surface area (Å²) < 4.78 is 5.40. The van der Waals surface area contributed by atoms with Crippen molar-refractivity contribution in [2.45, 2.75) is 38.0 Å². The summed E-state index contributed by atoms with van der Waals surface area (Å²) in [6, 6.07) is 6.91. The lowest BCUT2D eigenvalue weighted by molar-refractivity contribution is 0.296. The molecule has 1 fully saturated rings. The molecule has 0 aliphatic heterocycles. The molecule has 1 aliphatic rings. The highest BCUT2D eigenvalue weighted by molar-refractivity contribution is 5.56. The molecule has 94 valence electrons. The molecular weight excluding hydrogens is 228 g/mol.